The number of nitrogens with zero attached hydrogens (tertiary/aromatic N) is 3. The number of anilines is 2. The van der Waals surface area contributed by atoms with Gasteiger partial charge in [0.05, 0.1) is 11.9 Å². The van der Waals surface area contributed by atoms with Crippen LogP contribution in [-0.4, -0.2) is 46.6 Å². The van der Waals surface area contributed by atoms with Crippen LogP contribution < -0.4 is 20.9 Å². The van der Waals surface area contributed by atoms with Gasteiger partial charge < -0.3 is 15.5 Å². The maximum atomic E-state index is 14.5. The van der Waals surface area contributed by atoms with Crippen LogP contribution in [0, 0.1) is 18.6 Å². The van der Waals surface area contributed by atoms with Gasteiger partial charge in [0.1, 0.15) is 23.7 Å². The molecular weight excluding hydrogens is 562 g/mol. The maximum absolute atomic E-state index is 14.5. The third-order valence-corrected chi connectivity index (χ3v) is 7.23. The summed E-state index contributed by atoms with van der Waals surface area (Å²) < 4.78 is 61.5. The van der Waals surface area contributed by atoms with E-state index in [2.05, 4.69) is 10.3 Å². The van der Waals surface area contributed by atoms with E-state index in [0.29, 0.717) is 11.6 Å². The van der Waals surface area contributed by atoms with E-state index in [1.807, 2.05) is 0 Å². The van der Waals surface area contributed by atoms with E-state index >= 15 is 0 Å². The first-order valence-corrected chi connectivity index (χ1v) is 13.0. The monoisotopic (exact) mass is 587 g/mol. The fraction of sp³-hybridized carbons (Fsp3) is 0.321. The van der Waals surface area contributed by atoms with Gasteiger partial charge in [0, 0.05) is 31.4 Å². The normalized spacial score (nSPS) is 18.8. The Balaban J connectivity index is 1.62. The number of hydrogen-bond donors (Lipinski definition) is 2. The molecule has 1 aromatic heterocycles. The molecule has 0 radical (unpaired) electrons. The quantitative estimate of drug-likeness (QED) is 0.387. The molecule has 2 fully saturated rings. The Kier molecular flexibility index (Phi) is 7.47. The highest BCUT2D eigenvalue weighted by Crippen LogP contribution is 2.39. The van der Waals surface area contributed by atoms with Crippen molar-refractivity contribution in [3.05, 3.63) is 77.2 Å². The summed E-state index contributed by atoms with van der Waals surface area (Å²) in [5.74, 6) is -8.83. The predicted octanol–water partition coefficient (Wildman–Crippen LogP) is 3.54. The van der Waals surface area contributed by atoms with E-state index in [4.69, 9.17) is 10.2 Å². The second-order valence-electron chi connectivity index (χ2n) is 10.3. The van der Waals surface area contributed by atoms with Crippen molar-refractivity contribution in [3.8, 4) is 0 Å². The molecule has 3 aromatic rings. The molecule has 10 nitrogen and oxygen atoms in total. The Morgan fingerprint density at radius 2 is 1.81 bits per heavy atom. The van der Waals surface area contributed by atoms with E-state index in [1.165, 1.54) is 6.07 Å². The van der Waals surface area contributed by atoms with Gasteiger partial charge in [-0.05, 0) is 36.6 Å². The molecule has 2 heterocycles. The van der Waals surface area contributed by atoms with Crippen LogP contribution in [0.4, 0.5) is 29.3 Å². The molecular formula is C28H25F4N5O5. The molecule has 2 aliphatic rings. The van der Waals surface area contributed by atoms with E-state index in [9.17, 15) is 36.7 Å². The second-order valence-corrected chi connectivity index (χ2v) is 10.3. The minimum Gasteiger partial charge on any atom is -0.418 e. The fourth-order valence-electron chi connectivity index (χ4n) is 5.22. The van der Waals surface area contributed by atoms with E-state index in [1.54, 1.807) is 25.1 Å². The van der Waals surface area contributed by atoms with E-state index < -0.39 is 78.2 Å². The first kappa shape index (κ1) is 28.8. The van der Waals surface area contributed by atoms with Crippen LogP contribution in [0.15, 0.2) is 53.1 Å². The lowest BCUT2D eigenvalue weighted by atomic mass is 9.87. The van der Waals surface area contributed by atoms with Gasteiger partial charge in [-0.1, -0.05) is 24.3 Å². The number of carbonyl (C=O) groups is 4. The number of nitrogens with one attached hydrogen (secondary N) is 1. The first-order chi connectivity index (χ1) is 19.8. The molecule has 4 amide bonds. The minimum absolute atomic E-state index is 0.1000. The van der Waals surface area contributed by atoms with Crippen molar-refractivity contribution in [2.45, 2.75) is 56.7 Å². The zero-order valence-electron chi connectivity index (χ0n) is 22.2. The van der Waals surface area contributed by atoms with Crippen LogP contribution >= 0.6 is 0 Å². The van der Waals surface area contributed by atoms with Crippen molar-refractivity contribution in [2.24, 2.45) is 5.73 Å². The smallest absolute Gasteiger partial charge is 0.305 e. The number of halogens is 4. The fourth-order valence-corrected chi connectivity index (χ4v) is 5.22. The van der Waals surface area contributed by atoms with Crippen molar-refractivity contribution in [3.63, 3.8) is 0 Å². The minimum atomic E-state index is -2.96. The Morgan fingerprint density at radius 1 is 1.14 bits per heavy atom. The van der Waals surface area contributed by atoms with Crippen molar-refractivity contribution in [2.75, 3.05) is 9.80 Å². The second kappa shape index (κ2) is 10.9. The molecule has 220 valence electrons. The number of rotatable bonds is 8. The van der Waals surface area contributed by atoms with Gasteiger partial charge in [0.25, 0.3) is 17.7 Å². The number of oxazole rings is 1. The van der Waals surface area contributed by atoms with Crippen molar-refractivity contribution in [1.82, 2.24) is 10.3 Å². The molecule has 3 N–H and O–H groups in total. The van der Waals surface area contributed by atoms with Crippen LogP contribution in [0.5, 0.6) is 0 Å². The molecule has 1 aliphatic heterocycles. The summed E-state index contributed by atoms with van der Waals surface area (Å²) in [6.45, 7) is 1.64. The average Bonchev–Trinajstić information content (AvgIpc) is 3.52. The molecule has 42 heavy (non-hydrogen) atoms. The van der Waals surface area contributed by atoms with Crippen LogP contribution in [-0.2, 0) is 14.4 Å². The number of alkyl halides is 2. The lowest BCUT2D eigenvalue weighted by Crippen LogP contribution is -2.56. The standard InChI is InChI=1S/C28H25F4N5O5/c1-14-4-2-3-5-19(14)23(25(40)35-17-11-28(31,32)12-17)36(18-9-15(29)8-16(30)10-18)26(41)20-6-7-22(38)37(20)27-34-13-21(42-27)24(33)39/h2-5,8-10,13,17,20,23H,6-7,11-12H2,1H3,(H2,33,39)(H,35,40)/t20-,23-/m0/s1. The summed E-state index contributed by atoms with van der Waals surface area (Å²) in [6, 6.07) is 4.41. The topological polar surface area (TPSA) is 139 Å². The van der Waals surface area contributed by atoms with Gasteiger partial charge in [0.15, 0.2) is 0 Å². The summed E-state index contributed by atoms with van der Waals surface area (Å²) in [6.07, 6.45) is -0.508. The van der Waals surface area contributed by atoms with Crippen LogP contribution in [0.25, 0.3) is 0 Å². The predicted molar refractivity (Wildman–Crippen MR) is 139 cm³/mol. The highest BCUT2D eigenvalue weighted by atomic mass is 19.3. The van der Waals surface area contributed by atoms with Gasteiger partial charge in [-0.25, -0.2) is 22.5 Å². The number of nitrogens with two attached hydrogens (primary N) is 1. The lowest BCUT2D eigenvalue weighted by molar-refractivity contribution is -0.133. The molecule has 0 bridgehead atoms. The number of amides is 4. The zero-order chi connectivity index (χ0) is 30.3. The number of aromatic nitrogens is 1. The molecule has 1 saturated heterocycles. The van der Waals surface area contributed by atoms with E-state index in [0.717, 1.165) is 28.1 Å². The first-order valence-electron chi connectivity index (χ1n) is 13.0. The highest BCUT2D eigenvalue weighted by Gasteiger charge is 2.49. The molecule has 0 spiro atoms. The van der Waals surface area contributed by atoms with Gasteiger partial charge >= 0.3 is 6.01 Å². The Morgan fingerprint density at radius 3 is 2.40 bits per heavy atom. The third kappa shape index (κ3) is 5.56. The summed E-state index contributed by atoms with van der Waals surface area (Å²) in [4.78, 5) is 58.2. The zero-order valence-corrected chi connectivity index (χ0v) is 22.2. The Bertz CT molecular complexity index is 1550. The summed E-state index contributed by atoms with van der Waals surface area (Å²) in [7, 11) is 0. The maximum Gasteiger partial charge on any atom is 0.305 e. The van der Waals surface area contributed by atoms with Crippen molar-refractivity contribution < 1.29 is 41.2 Å². The summed E-state index contributed by atoms with van der Waals surface area (Å²) in [5, 5.41) is 2.53. The van der Waals surface area contributed by atoms with Gasteiger partial charge in [-0.15, -0.1) is 0 Å². The highest BCUT2D eigenvalue weighted by molar-refractivity contribution is 6.10. The van der Waals surface area contributed by atoms with Crippen LogP contribution in [0.3, 0.4) is 0 Å². The Labute approximate surface area is 236 Å². The molecule has 14 heteroatoms. The van der Waals surface area contributed by atoms with Gasteiger partial charge in [0.2, 0.25) is 17.6 Å². The average molecular weight is 588 g/mol. The molecule has 1 aliphatic carbocycles. The number of aryl methyl sites for hydroxylation is 1. The van der Waals surface area contributed by atoms with Crippen LogP contribution in [0.2, 0.25) is 0 Å². The SMILES string of the molecule is Cc1ccccc1[C@@H](C(=O)NC1CC(F)(F)C1)N(C(=O)[C@@H]1CCC(=O)N1c1ncc(C(N)=O)o1)c1cc(F)cc(F)c1. The third-order valence-electron chi connectivity index (χ3n) is 7.23. The number of hydrogen-bond acceptors (Lipinski definition) is 6. The van der Waals surface area contributed by atoms with Gasteiger partial charge in [-0.3, -0.25) is 29.0 Å². The largest absolute Gasteiger partial charge is 0.418 e. The Hall–Kier alpha value is -4.75. The lowest BCUT2D eigenvalue weighted by Gasteiger charge is -2.39. The molecule has 0 unspecified atom stereocenters. The van der Waals surface area contributed by atoms with Crippen molar-refractivity contribution >= 4 is 35.3 Å². The number of carbonyl (C=O) groups excluding carboxylic acids is 4. The number of benzene rings is 2. The summed E-state index contributed by atoms with van der Waals surface area (Å²) in [5.41, 5.74) is 5.63. The molecule has 2 aromatic carbocycles. The molecule has 1 saturated carbocycles. The number of primary amides is 1. The molecule has 2 atom stereocenters. The van der Waals surface area contributed by atoms with Crippen LogP contribution in [0.1, 0.15) is 53.4 Å². The van der Waals surface area contributed by atoms with Gasteiger partial charge in [-0.2, -0.15) is 0 Å². The summed E-state index contributed by atoms with van der Waals surface area (Å²) >= 11 is 0. The van der Waals surface area contributed by atoms with Crippen molar-refractivity contribution in [1.29, 1.82) is 0 Å². The molecule has 5 rings (SSSR count). The van der Waals surface area contributed by atoms with E-state index in [-0.39, 0.29) is 29.9 Å².